The molecule has 1 aliphatic rings. The van der Waals surface area contributed by atoms with Crippen molar-refractivity contribution in [2.24, 2.45) is 0 Å². The second-order valence-electron chi connectivity index (χ2n) is 4.37. The Hall–Kier alpha value is -1.71. The van der Waals surface area contributed by atoms with E-state index in [1.807, 2.05) is 25.1 Å². The molecule has 18 heavy (non-hydrogen) atoms. The molecule has 1 N–H and O–H groups in total. The lowest BCUT2D eigenvalue weighted by Gasteiger charge is -2.18. The molecule has 1 atom stereocenters. The summed E-state index contributed by atoms with van der Waals surface area (Å²) in [5, 5.41) is 3.04. The van der Waals surface area contributed by atoms with Crippen molar-refractivity contribution in [1.82, 2.24) is 5.32 Å². The molecule has 1 aromatic rings. The van der Waals surface area contributed by atoms with E-state index in [0.29, 0.717) is 13.0 Å². The Kier molecular flexibility index (Phi) is 4.07. The van der Waals surface area contributed by atoms with Gasteiger partial charge in [-0.15, -0.1) is 0 Å². The number of hydrogen-bond acceptors (Lipinski definition) is 3. The maximum absolute atomic E-state index is 11.5. The lowest BCUT2D eigenvalue weighted by Crippen LogP contribution is -2.27. The Labute approximate surface area is 107 Å². The van der Waals surface area contributed by atoms with E-state index >= 15 is 0 Å². The Balaban J connectivity index is 2.26. The molecule has 0 aromatic heterocycles. The quantitative estimate of drug-likeness (QED) is 0.895. The van der Waals surface area contributed by atoms with E-state index in [0.717, 1.165) is 29.9 Å². The summed E-state index contributed by atoms with van der Waals surface area (Å²) in [5.74, 6) is 1.66. The average molecular weight is 249 g/mol. The van der Waals surface area contributed by atoms with Crippen molar-refractivity contribution >= 4 is 5.91 Å². The van der Waals surface area contributed by atoms with E-state index in [1.54, 1.807) is 7.11 Å². The lowest BCUT2D eigenvalue weighted by molar-refractivity contribution is -0.121. The fourth-order valence-corrected chi connectivity index (χ4v) is 2.13. The predicted molar refractivity (Wildman–Crippen MR) is 68.9 cm³/mol. The third kappa shape index (κ3) is 2.75. The molecule has 0 bridgehead atoms. The number of carbonyl (C=O) groups excluding carboxylic acids is 1. The maximum atomic E-state index is 11.5. The van der Waals surface area contributed by atoms with Crippen LogP contribution in [-0.2, 0) is 4.79 Å². The monoisotopic (exact) mass is 249 g/mol. The zero-order valence-corrected chi connectivity index (χ0v) is 10.9. The topological polar surface area (TPSA) is 47.6 Å². The molecule has 0 saturated carbocycles. The van der Waals surface area contributed by atoms with E-state index in [2.05, 4.69) is 5.32 Å². The van der Waals surface area contributed by atoms with Crippen LogP contribution in [0.5, 0.6) is 11.5 Å². The summed E-state index contributed by atoms with van der Waals surface area (Å²) in [6.45, 7) is 2.54. The summed E-state index contributed by atoms with van der Waals surface area (Å²) < 4.78 is 10.9. The predicted octanol–water partition coefficient (Wildman–Crippen LogP) is 2.44. The molecular formula is C14H19NO3. The number of rotatable bonds is 3. The number of carbonyl (C=O) groups is 1. The zero-order chi connectivity index (χ0) is 13.0. The normalized spacial score (nSPS) is 18.2. The summed E-state index contributed by atoms with van der Waals surface area (Å²) in [7, 11) is 1.63. The Morgan fingerprint density at radius 1 is 1.56 bits per heavy atom. The first kappa shape index (κ1) is 12.7. The van der Waals surface area contributed by atoms with E-state index < -0.39 is 0 Å². The van der Waals surface area contributed by atoms with Gasteiger partial charge in [0.2, 0.25) is 5.91 Å². The van der Waals surface area contributed by atoms with E-state index in [-0.39, 0.29) is 11.9 Å². The third-order valence-electron chi connectivity index (χ3n) is 3.15. The second kappa shape index (κ2) is 5.76. The van der Waals surface area contributed by atoms with Gasteiger partial charge in [0, 0.05) is 18.1 Å². The first-order valence-corrected chi connectivity index (χ1v) is 6.34. The molecule has 98 valence electrons. The van der Waals surface area contributed by atoms with Crippen molar-refractivity contribution in [2.75, 3.05) is 13.7 Å². The minimum absolute atomic E-state index is 0.0425. The molecule has 0 saturated heterocycles. The van der Waals surface area contributed by atoms with Gasteiger partial charge in [-0.3, -0.25) is 4.79 Å². The highest BCUT2D eigenvalue weighted by atomic mass is 16.5. The molecule has 1 aromatic carbocycles. The SMILES string of the molecule is CCC(=O)NC1CCCOc2cc(OC)ccc21. The van der Waals surface area contributed by atoms with Crippen LogP contribution in [0.25, 0.3) is 0 Å². The molecule has 0 aliphatic carbocycles. The molecule has 0 spiro atoms. The van der Waals surface area contributed by atoms with Crippen molar-refractivity contribution in [1.29, 1.82) is 0 Å². The van der Waals surface area contributed by atoms with Gasteiger partial charge in [0.25, 0.3) is 0 Å². The van der Waals surface area contributed by atoms with Crippen LogP contribution in [0.1, 0.15) is 37.8 Å². The van der Waals surface area contributed by atoms with Gasteiger partial charge in [-0.2, -0.15) is 0 Å². The minimum Gasteiger partial charge on any atom is -0.497 e. The average Bonchev–Trinajstić information content (AvgIpc) is 2.60. The smallest absolute Gasteiger partial charge is 0.220 e. The lowest BCUT2D eigenvalue weighted by atomic mass is 10.0. The molecular weight excluding hydrogens is 230 g/mol. The standard InChI is InChI=1S/C14H19NO3/c1-3-14(16)15-12-5-4-8-18-13-9-10(17-2)6-7-11(12)13/h6-7,9,12H,3-5,8H2,1-2H3,(H,15,16). The molecule has 0 radical (unpaired) electrons. The summed E-state index contributed by atoms with van der Waals surface area (Å²) in [4.78, 5) is 11.5. The largest absolute Gasteiger partial charge is 0.497 e. The molecule has 4 nitrogen and oxygen atoms in total. The van der Waals surface area contributed by atoms with Gasteiger partial charge in [0.1, 0.15) is 11.5 Å². The second-order valence-corrected chi connectivity index (χ2v) is 4.37. The number of fused-ring (bicyclic) bond motifs is 1. The molecule has 1 aliphatic heterocycles. The minimum atomic E-state index is 0.0425. The van der Waals surface area contributed by atoms with Crippen LogP contribution >= 0.6 is 0 Å². The number of hydrogen-bond donors (Lipinski definition) is 1. The first-order chi connectivity index (χ1) is 8.74. The molecule has 1 heterocycles. The molecule has 1 unspecified atom stereocenters. The van der Waals surface area contributed by atoms with E-state index in [1.165, 1.54) is 0 Å². The van der Waals surface area contributed by atoms with Crippen LogP contribution in [0.3, 0.4) is 0 Å². The van der Waals surface area contributed by atoms with Crippen molar-refractivity contribution < 1.29 is 14.3 Å². The molecule has 4 heteroatoms. The molecule has 2 rings (SSSR count). The van der Waals surface area contributed by atoms with Gasteiger partial charge >= 0.3 is 0 Å². The molecule has 0 fully saturated rings. The first-order valence-electron chi connectivity index (χ1n) is 6.34. The van der Waals surface area contributed by atoms with E-state index in [4.69, 9.17) is 9.47 Å². The molecule has 1 amide bonds. The van der Waals surface area contributed by atoms with Crippen LogP contribution in [0, 0.1) is 0 Å². The number of nitrogens with one attached hydrogen (secondary N) is 1. The summed E-state index contributed by atoms with van der Waals surface area (Å²) in [6.07, 6.45) is 2.35. The highest BCUT2D eigenvalue weighted by molar-refractivity contribution is 5.76. The van der Waals surface area contributed by atoms with Gasteiger partial charge in [-0.25, -0.2) is 0 Å². The van der Waals surface area contributed by atoms with Crippen molar-refractivity contribution in [3.8, 4) is 11.5 Å². The van der Waals surface area contributed by atoms with Gasteiger partial charge in [0.05, 0.1) is 19.8 Å². The third-order valence-corrected chi connectivity index (χ3v) is 3.15. The van der Waals surface area contributed by atoms with Gasteiger partial charge < -0.3 is 14.8 Å². The van der Waals surface area contributed by atoms with Crippen LogP contribution in [0.4, 0.5) is 0 Å². The van der Waals surface area contributed by atoms with Crippen LogP contribution in [0.15, 0.2) is 18.2 Å². The maximum Gasteiger partial charge on any atom is 0.220 e. The number of benzene rings is 1. The fourth-order valence-electron chi connectivity index (χ4n) is 2.13. The Bertz CT molecular complexity index is 431. The van der Waals surface area contributed by atoms with Gasteiger partial charge in [-0.1, -0.05) is 6.92 Å². The van der Waals surface area contributed by atoms with Crippen molar-refractivity contribution in [3.05, 3.63) is 23.8 Å². The Morgan fingerprint density at radius 3 is 3.11 bits per heavy atom. The highest BCUT2D eigenvalue weighted by Crippen LogP contribution is 2.34. The summed E-state index contributed by atoms with van der Waals surface area (Å²) in [6, 6.07) is 5.80. The Morgan fingerprint density at radius 2 is 2.39 bits per heavy atom. The van der Waals surface area contributed by atoms with Crippen LogP contribution < -0.4 is 14.8 Å². The van der Waals surface area contributed by atoms with E-state index in [9.17, 15) is 4.79 Å². The summed E-state index contributed by atoms with van der Waals surface area (Å²) >= 11 is 0. The number of amides is 1. The van der Waals surface area contributed by atoms with Gasteiger partial charge in [0.15, 0.2) is 0 Å². The van der Waals surface area contributed by atoms with Gasteiger partial charge in [-0.05, 0) is 25.0 Å². The van der Waals surface area contributed by atoms with Crippen LogP contribution in [-0.4, -0.2) is 19.6 Å². The zero-order valence-electron chi connectivity index (χ0n) is 10.9. The highest BCUT2D eigenvalue weighted by Gasteiger charge is 2.21. The van der Waals surface area contributed by atoms with Crippen molar-refractivity contribution in [2.45, 2.75) is 32.2 Å². The van der Waals surface area contributed by atoms with Crippen molar-refractivity contribution in [3.63, 3.8) is 0 Å². The fraction of sp³-hybridized carbons (Fsp3) is 0.500. The summed E-state index contributed by atoms with van der Waals surface area (Å²) in [5.41, 5.74) is 1.04. The van der Waals surface area contributed by atoms with Crippen LogP contribution in [0.2, 0.25) is 0 Å². The number of ether oxygens (including phenoxy) is 2. The number of methoxy groups -OCH3 is 1.